The Morgan fingerprint density at radius 1 is 0.317 bits per heavy atom. The van der Waals surface area contributed by atoms with E-state index in [2.05, 4.69) is 15.0 Å². The lowest BCUT2D eigenvalue weighted by molar-refractivity contribution is 0.952. The van der Waals surface area contributed by atoms with Gasteiger partial charge in [0.1, 0.15) is 0 Å². The third-order valence-corrected chi connectivity index (χ3v) is 18.3. The minimum absolute atomic E-state index is 0.0198. The summed E-state index contributed by atoms with van der Waals surface area (Å²) in [6, 6.07) is -49.6. The maximum Gasteiger partial charge on any atom is 0.238 e. The van der Waals surface area contributed by atoms with E-state index in [1.807, 2.05) is 0 Å². The lowest BCUT2D eigenvalue weighted by Crippen LogP contribution is -2.74. The van der Waals surface area contributed by atoms with Gasteiger partial charge in [0, 0.05) is 52.8 Å². The van der Waals surface area contributed by atoms with Crippen LogP contribution in [0.4, 0.5) is 0 Å². The second-order valence-electron chi connectivity index (χ2n) is 17.6. The zero-order chi connectivity index (χ0) is 93.3. The van der Waals surface area contributed by atoms with Crippen molar-refractivity contribution in [2.24, 2.45) is 0 Å². The van der Waals surface area contributed by atoms with E-state index in [9.17, 15) is 39.8 Å². The highest BCUT2D eigenvalue weighted by atomic mass is 32.1. The first-order chi connectivity index (χ1) is 59.4. The third-order valence-electron chi connectivity index (χ3n) is 13.2. The molecule has 7 heteroatoms. The van der Waals surface area contributed by atoms with Crippen LogP contribution in [0, 0.1) is 0 Å². The van der Waals surface area contributed by atoms with E-state index < -0.39 is 401 Å². The smallest absolute Gasteiger partial charge is 0.238 e. The highest BCUT2D eigenvalue weighted by molar-refractivity contribution is 7.26. The lowest BCUT2D eigenvalue weighted by Gasteiger charge is -2.35. The molecule has 0 bridgehead atoms. The quantitative estimate of drug-likeness (QED) is 0.101. The summed E-state index contributed by atoms with van der Waals surface area (Å²) >= 11 is 0.784. The molecular weight excluding hydrogens is 1030 g/mol. The number of hydrogen-bond donors (Lipinski definition) is 0. The minimum atomic E-state index is -7.24. The van der Waals surface area contributed by atoms with Crippen LogP contribution in [0.2, 0.25) is 0 Å². The van der Waals surface area contributed by atoms with E-state index in [4.69, 9.17) is 21.9 Å². The van der Waals surface area contributed by atoms with E-state index >= 15 is 0 Å². The second-order valence-corrected chi connectivity index (χ2v) is 22.2. The van der Waals surface area contributed by atoms with Crippen LogP contribution in [0.5, 0.6) is 0 Å². The average Bonchev–Trinajstić information content (AvgIpc) is 1.31. The fraction of sp³-hybridized carbons (Fsp3) is 0. The van der Waals surface area contributed by atoms with Crippen molar-refractivity contribution in [1.82, 2.24) is 24.1 Å². The van der Waals surface area contributed by atoms with Gasteiger partial charge in [-0.3, -0.25) is 4.57 Å². The Bertz CT molecular complexity index is 7680. The molecule has 16 rings (SSSR count). The van der Waals surface area contributed by atoms with Gasteiger partial charge in [-0.25, -0.2) is 4.98 Å². The first kappa shape index (κ1) is 20.7. The highest BCUT2D eigenvalue weighted by Gasteiger charge is 2.42. The molecule has 0 saturated heterocycles. The molecular formula is C75H49N5SSi. The Labute approximate surface area is 542 Å². The summed E-state index contributed by atoms with van der Waals surface area (Å²) < 4.78 is 434. The number of thiophene rings is 1. The van der Waals surface area contributed by atoms with Crippen molar-refractivity contribution in [2.75, 3.05) is 0 Å². The highest BCUT2D eigenvalue weighted by Crippen LogP contribution is 2.38. The monoisotopic (exact) mass is 1120 g/mol. The fourth-order valence-electron chi connectivity index (χ4n) is 9.73. The number of nitrogens with zero attached hydrogens (tertiary/aromatic N) is 5. The van der Waals surface area contributed by atoms with Gasteiger partial charge in [-0.05, 0) is 91.4 Å². The molecule has 0 amide bonds. The Hall–Kier alpha value is -10.3. The molecule has 1 unspecified atom stereocenters. The molecule has 16 aromatic rings. The number of rotatable bonds is 10. The van der Waals surface area contributed by atoms with Gasteiger partial charge in [0.2, 0.25) is 5.95 Å². The fourth-order valence-corrected chi connectivity index (χ4v) is 14.4. The molecule has 4 aromatic heterocycles. The Kier molecular flexibility index (Phi) is 4.91. The molecule has 0 radical (unpaired) electrons. The van der Waals surface area contributed by atoms with Crippen LogP contribution in [-0.4, -0.2) is 32.2 Å². The molecule has 12 aromatic carbocycles. The number of benzene rings is 12. The summed E-state index contributed by atoms with van der Waals surface area (Å²) in [5, 5.41) is -8.89. The van der Waals surface area contributed by atoms with E-state index in [1.54, 1.807) is 0 Å². The van der Waals surface area contributed by atoms with E-state index in [0.717, 1.165) is 11.3 Å². The number of para-hydroxylation sites is 5. The third kappa shape index (κ3) is 7.70. The predicted molar refractivity (Wildman–Crippen MR) is 347 cm³/mol. The van der Waals surface area contributed by atoms with Gasteiger partial charge < -0.3 is 4.57 Å². The van der Waals surface area contributed by atoms with Gasteiger partial charge >= 0.3 is 0 Å². The molecule has 1 atom stereocenters. The SMILES string of the molecule is [2H]c1c([2H])c([2H])c(-c2c([2H])c([2H])c([Si](c3c([2H])c([2H])c([2H])c(-c4nc(-c5c([2H])c([2H])c([2H])c([2H])c5-n5c6c([2H])c([2H])c([2H])c([2H])c6c6c([2H])c([2H])c([2H])c([2H])c65)nc(-n5c6c([2H])c([2H])c([2H])c([2H])c6c6c([2H])c([2H])c([2H])c([2H])c65)n4)c3[2H])(c3c([2H])c([2H])c([2H])c(-c4c([2H])c([2H])c([2H])c([2H])c4[2H])c3[2H])c3c([2H])c([2H])c4sc5ccccc5c4c3[2H])c([2H])c2[2H])c([2H])c1[2H]. The van der Waals surface area contributed by atoms with E-state index in [1.165, 1.54) is 24.3 Å². The van der Waals surface area contributed by atoms with Crippen LogP contribution in [0.1, 0.15) is 61.7 Å². The van der Waals surface area contributed by atoms with Crippen LogP contribution in [0.3, 0.4) is 0 Å². The maximum atomic E-state index is 11.3. The maximum absolute atomic E-state index is 11.3. The van der Waals surface area contributed by atoms with E-state index in [0.29, 0.717) is 9.13 Å². The summed E-state index contributed by atoms with van der Waals surface area (Å²) in [4.78, 5) is 14.0. The zero-order valence-corrected chi connectivity index (χ0v) is 42.8. The van der Waals surface area contributed by atoms with Crippen molar-refractivity contribution >= 4 is 104 Å². The first-order valence-electron chi connectivity index (χ1n) is 46.7. The van der Waals surface area contributed by atoms with Gasteiger partial charge in [-0.15, -0.1) is 11.3 Å². The Morgan fingerprint density at radius 3 is 1.44 bits per heavy atom. The largest absolute Gasteiger partial charge is 0.309 e. The Morgan fingerprint density at radius 2 is 0.793 bits per heavy atom. The minimum Gasteiger partial charge on any atom is -0.309 e. The van der Waals surface area contributed by atoms with Crippen LogP contribution in [-0.2, 0) is 0 Å². The summed E-state index contributed by atoms with van der Waals surface area (Å²) in [5.74, 6) is -4.07. The molecule has 5 nitrogen and oxygen atoms in total. The van der Waals surface area contributed by atoms with Crippen LogP contribution < -0.4 is 20.7 Å². The first-order valence-corrected chi connectivity index (χ1v) is 27.0. The standard InChI is InChI=1S/C75H49N5SSi/c1-3-21-50(22-4-1)52-41-43-55(44-42-52)82(56-27-19-25-53(47-56)51-23-5-2-6-24-51,58-45-46-72-65(49-58)63-33-12-18-40-71(63)81-72)57-28-20-26-54(48-57)73-76-74(78-75(77-73)80-68-37-15-9-31-61(68)62-32-10-16-38-69(62)80)64-34-11-17-39-70(64)79-66-35-13-7-29-59(66)60-30-8-14-36-67(60)79/h1-49H/i1D,2D,3D,4D,5D,6D,7D,8D,9D,10D,11D,13D,14D,15D,16D,17D,19D,20D,21D,22D,23D,24D,25D,26D,27D,28D,29D,30D,31D,32D,34D,35D,36D,37D,38D,39D,41D,42D,43D,44D,45D,46D,47D,48D,49D. The average molecular weight is 1130 g/mol. The summed E-state index contributed by atoms with van der Waals surface area (Å²) in [7, 11) is -7.24. The summed E-state index contributed by atoms with van der Waals surface area (Å²) in [5.41, 5.74) is -11.8. The van der Waals surface area contributed by atoms with Gasteiger partial charge in [-0.2, -0.15) is 9.97 Å². The van der Waals surface area contributed by atoms with Crippen molar-refractivity contribution in [3.63, 3.8) is 0 Å². The summed E-state index contributed by atoms with van der Waals surface area (Å²) in [6.07, 6.45) is 0. The van der Waals surface area contributed by atoms with Gasteiger partial charge in [-0.1, -0.05) is 248 Å². The molecule has 0 spiro atoms. The van der Waals surface area contributed by atoms with Crippen molar-refractivity contribution < 1.29 is 61.7 Å². The van der Waals surface area contributed by atoms with E-state index in [-0.39, 0.29) is 20.2 Å². The number of fused-ring (bicyclic) bond motifs is 9. The van der Waals surface area contributed by atoms with Crippen LogP contribution in [0.15, 0.2) is 296 Å². The van der Waals surface area contributed by atoms with Crippen molar-refractivity contribution in [3.8, 4) is 56.7 Å². The van der Waals surface area contributed by atoms with Crippen molar-refractivity contribution in [1.29, 1.82) is 0 Å². The molecule has 0 aliphatic carbocycles. The van der Waals surface area contributed by atoms with Crippen LogP contribution >= 0.6 is 11.3 Å². The number of aromatic nitrogens is 5. The lowest BCUT2D eigenvalue weighted by atomic mass is 10.1. The normalized spacial score (nSPS) is 20.2. The molecule has 0 aliphatic heterocycles. The number of hydrogen-bond acceptors (Lipinski definition) is 4. The summed E-state index contributed by atoms with van der Waals surface area (Å²) in [6.45, 7) is 0. The molecule has 0 fully saturated rings. The topological polar surface area (TPSA) is 48.5 Å². The zero-order valence-electron chi connectivity index (χ0n) is 86.0. The van der Waals surface area contributed by atoms with Crippen LogP contribution in [0.25, 0.3) is 120 Å². The molecule has 0 N–H and O–H groups in total. The predicted octanol–water partition coefficient (Wildman–Crippen LogP) is 16.5. The van der Waals surface area contributed by atoms with Gasteiger partial charge in [0.15, 0.2) is 19.7 Å². The molecule has 0 saturated carbocycles. The van der Waals surface area contributed by atoms with Crippen molar-refractivity contribution in [3.05, 3.63) is 296 Å². The second kappa shape index (κ2) is 19.5. The molecule has 0 aliphatic rings. The molecule has 384 valence electrons. The molecule has 4 heterocycles. The van der Waals surface area contributed by atoms with Crippen molar-refractivity contribution in [2.45, 2.75) is 0 Å². The van der Waals surface area contributed by atoms with Gasteiger partial charge in [0.25, 0.3) is 0 Å². The van der Waals surface area contributed by atoms with Gasteiger partial charge in [0.05, 0.1) is 89.4 Å². The molecule has 82 heavy (non-hydrogen) atoms. The Balaban J connectivity index is 1.22.